The number of nitrogens with zero attached hydrogens (tertiary/aromatic N) is 1. The SMILES string of the molecule is COc1ccc(C(=O)NC(C(=O)NCC(C)CN2CCCCC2)C(C)C)cc1. The van der Waals surface area contributed by atoms with E-state index in [-0.39, 0.29) is 17.7 Å². The molecule has 0 aliphatic carbocycles. The smallest absolute Gasteiger partial charge is 0.251 e. The molecule has 0 spiro atoms. The minimum Gasteiger partial charge on any atom is -0.497 e. The van der Waals surface area contributed by atoms with Gasteiger partial charge in [-0.25, -0.2) is 0 Å². The highest BCUT2D eigenvalue weighted by atomic mass is 16.5. The molecule has 1 fully saturated rings. The van der Waals surface area contributed by atoms with Crippen LogP contribution in [-0.4, -0.2) is 56.0 Å². The van der Waals surface area contributed by atoms with Gasteiger partial charge in [0.15, 0.2) is 0 Å². The molecule has 28 heavy (non-hydrogen) atoms. The maximum Gasteiger partial charge on any atom is 0.251 e. The van der Waals surface area contributed by atoms with Gasteiger partial charge in [-0.1, -0.05) is 27.2 Å². The van der Waals surface area contributed by atoms with Gasteiger partial charge >= 0.3 is 0 Å². The lowest BCUT2D eigenvalue weighted by Gasteiger charge is -2.29. The molecule has 1 aromatic carbocycles. The first-order valence-corrected chi connectivity index (χ1v) is 10.4. The third kappa shape index (κ3) is 6.82. The van der Waals surface area contributed by atoms with E-state index in [1.807, 2.05) is 13.8 Å². The molecule has 0 aromatic heterocycles. The van der Waals surface area contributed by atoms with Crippen LogP contribution >= 0.6 is 0 Å². The number of likely N-dealkylation sites (tertiary alicyclic amines) is 1. The van der Waals surface area contributed by atoms with Crippen molar-refractivity contribution in [3.63, 3.8) is 0 Å². The number of benzene rings is 1. The Balaban J connectivity index is 1.85. The fraction of sp³-hybridized carbons (Fsp3) is 0.636. The number of carbonyl (C=O) groups is 2. The van der Waals surface area contributed by atoms with Gasteiger partial charge in [0.05, 0.1) is 7.11 Å². The summed E-state index contributed by atoms with van der Waals surface area (Å²) in [6, 6.07) is 6.31. The van der Waals surface area contributed by atoms with Crippen LogP contribution in [0.4, 0.5) is 0 Å². The van der Waals surface area contributed by atoms with Crippen molar-refractivity contribution in [2.45, 2.75) is 46.1 Å². The van der Waals surface area contributed by atoms with Crippen molar-refractivity contribution in [2.75, 3.05) is 33.3 Å². The van der Waals surface area contributed by atoms with Gasteiger partial charge in [0, 0.05) is 18.7 Å². The summed E-state index contributed by atoms with van der Waals surface area (Å²) < 4.78 is 5.12. The van der Waals surface area contributed by atoms with E-state index in [9.17, 15) is 9.59 Å². The molecule has 156 valence electrons. The number of rotatable bonds is 9. The molecule has 2 N–H and O–H groups in total. The molecule has 2 atom stereocenters. The fourth-order valence-electron chi connectivity index (χ4n) is 3.53. The standard InChI is InChI=1S/C22H35N3O3/c1-16(2)20(24-21(26)18-8-10-19(28-4)11-9-18)22(27)23-14-17(3)15-25-12-6-5-7-13-25/h8-11,16-17,20H,5-7,12-15H2,1-4H3,(H,23,27)(H,24,26). The summed E-state index contributed by atoms with van der Waals surface area (Å²) in [6.45, 7) is 9.98. The van der Waals surface area contributed by atoms with Gasteiger partial charge in [0.2, 0.25) is 5.91 Å². The number of hydrogen-bond acceptors (Lipinski definition) is 4. The van der Waals surface area contributed by atoms with E-state index in [0.29, 0.717) is 23.8 Å². The second kappa shape index (κ2) is 11.1. The molecule has 6 nitrogen and oxygen atoms in total. The largest absolute Gasteiger partial charge is 0.497 e. The Morgan fingerprint density at radius 1 is 1.07 bits per heavy atom. The molecular weight excluding hydrogens is 354 g/mol. The molecule has 2 rings (SSSR count). The zero-order valence-corrected chi connectivity index (χ0v) is 17.7. The van der Waals surface area contributed by atoms with Gasteiger partial charge < -0.3 is 20.3 Å². The van der Waals surface area contributed by atoms with E-state index in [0.717, 1.165) is 19.6 Å². The molecule has 1 aromatic rings. The Hall–Kier alpha value is -2.08. The number of amides is 2. The monoisotopic (exact) mass is 389 g/mol. The van der Waals surface area contributed by atoms with Crippen LogP contribution in [0, 0.1) is 11.8 Å². The molecule has 6 heteroatoms. The van der Waals surface area contributed by atoms with Crippen LogP contribution in [0.15, 0.2) is 24.3 Å². The summed E-state index contributed by atoms with van der Waals surface area (Å²) in [6.07, 6.45) is 3.86. The van der Waals surface area contributed by atoms with Crippen LogP contribution in [0.3, 0.4) is 0 Å². The molecule has 2 unspecified atom stereocenters. The summed E-state index contributed by atoms with van der Waals surface area (Å²) in [7, 11) is 1.58. The van der Waals surface area contributed by atoms with E-state index in [2.05, 4.69) is 22.5 Å². The molecule has 0 bridgehead atoms. The predicted molar refractivity (Wildman–Crippen MR) is 112 cm³/mol. The van der Waals surface area contributed by atoms with Crippen LogP contribution in [0.2, 0.25) is 0 Å². The predicted octanol–water partition coefficient (Wildman–Crippen LogP) is 2.69. The molecule has 1 saturated heterocycles. The first-order valence-electron chi connectivity index (χ1n) is 10.4. The van der Waals surface area contributed by atoms with Gasteiger partial charge in [-0.15, -0.1) is 0 Å². The van der Waals surface area contributed by atoms with Crippen molar-refractivity contribution >= 4 is 11.8 Å². The third-order valence-corrected chi connectivity index (χ3v) is 5.23. The van der Waals surface area contributed by atoms with Gasteiger partial charge in [0.25, 0.3) is 5.91 Å². The highest BCUT2D eigenvalue weighted by molar-refractivity contribution is 5.97. The molecule has 1 aliphatic rings. The van der Waals surface area contributed by atoms with Crippen molar-refractivity contribution in [1.29, 1.82) is 0 Å². The minimum absolute atomic E-state index is 0.000371. The quantitative estimate of drug-likeness (QED) is 0.681. The number of methoxy groups -OCH3 is 1. The van der Waals surface area contributed by atoms with Crippen molar-refractivity contribution < 1.29 is 14.3 Å². The van der Waals surface area contributed by atoms with Crippen LogP contribution in [-0.2, 0) is 4.79 Å². The van der Waals surface area contributed by atoms with Crippen molar-refractivity contribution in [3.8, 4) is 5.75 Å². The summed E-state index contributed by atoms with van der Waals surface area (Å²) >= 11 is 0. The number of hydrogen-bond donors (Lipinski definition) is 2. The fourth-order valence-corrected chi connectivity index (χ4v) is 3.53. The highest BCUT2D eigenvalue weighted by Crippen LogP contribution is 2.13. The van der Waals surface area contributed by atoms with Gasteiger partial charge in [-0.2, -0.15) is 0 Å². The summed E-state index contributed by atoms with van der Waals surface area (Å²) in [5.74, 6) is 0.698. The van der Waals surface area contributed by atoms with Gasteiger partial charge in [-0.3, -0.25) is 9.59 Å². The van der Waals surface area contributed by atoms with E-state index in [1.54, 1.807) is 31.4 Å². The minimum atomic E-state index is -0.559. The Bertz CT molecular complexity index is 624. The molecule has 1 aliphatic heterocycles. The molecule has 0 radical (unpaired) electrons. The van der Waals surface area contributed by atoms with Gasteiger partial charge in [0.1, 0.15) is 11.8 Å². The van der Waals surface area contributed by atoms with E-state index < -0.39 is 6.04 Å². The lowest BCUT2D eigenvalue weighted by molar-refractivity contribution is -0.124. The van der Waals surface area contributed by atoms with Crippen LogP contribution < -0.4 is 15.4 Å². The normalized spacial score (nSPS) is 17.0. The molecular formula is C22H35N3O3. The Kier molecular flexibility index (Phi) is 8.77. The Morgan fingerprint density at radius 3 is 2.29 bits per heavy atom. The highest BCUT2D eigenvalue weighted by Gasteiger charge is 2.25. The Morgan fingerprint density at radius 2 is 1.71 bits per heavy atom. The Labute approximate surface area is 169 Å². The molecule has 1 heterocycles. The summed E-state index contributed by atoms with van der Waals surface area (Å²) in [4.78, 5) is 27.7. The lowest BCUT2D eigenvalue weighted by atomic mass is 10.0. The third-order valence-electron chi connectivity index (χ3n) is 5.23. The summed E-state index contributed by atoms with van der Waals surface area (Å²) in [5, 5.41) is 5.90. The molecule has 0 saturated carbocycles. The molecule has 2 amide bonds. The lowest BCUT2D eigenvalue weighted by Crippen LogP contribution is -2.51. The average molecular weight is 390 g/mol. The van der Waals surface area contributed by atoms with Crippen LogP contribution in [0.1, 0.15) is 50.4 Å². The summed E-state index contributed by atoms with van der Waals surface area (Å²) in [5.41, 5.74) is 0.512. The average Bonchev–Trinajstić information content (AvgIpc) is 2.70. The van der Waals surface area contributed by atoms with E-state index in [4.69, 9.17) is 4.74 Å². The maximum absolute atomic E-state index is 12.7. The number of ether oxygens (including phenoxy) is 1. The number of piperidine rings is 1. The number of nitrogens with one attached hydrogen (secondary N) is 2. The van der Waals surface area contributed by atoms with Crippen molar-refractivity contribution in [1.82, 2.24) is 15.5 Å². The first kappa shape index (κ1) is 22.2. The van der Waals surface area contributed by atoms with Crippen LogP contribution in [0.25, 0.3) is 0 Å². The zero-order valence-electron chi connectivity index (χ0n) is 17.7. The van der Waals surface area contributed by atoms with Gasteiger partial charge in [-0.05, 0) is 62.0 Å². The van der Waals surface area contributed by atoms with Crippen molar-refractivity contribution in [3.05, 3.63) is 29.8 Å². The van der Waals surface area contributed by atoms with Crippen molar-refractivity contribution in [2.24, 2.45) is 11.8 Å². The van der Waals surface area contributed by atoms with E-state index in [1.165, 1.54) is 19.3 Å². The number of carbonyl (C=O) groups excluding carboxylic acids is 2. The first-order chi connectivity index (χ1) is 13.4. The topological polar surface area (TPSA) is 70.7 Å². The maximum atomic E-state index is 12.7. The second-order valence-electron chi connectivity index (χ2n) is 8.14. The second-order valence-corrected chi connectivity index (χ2v) is 8.14. The van der Waals surface area contributed by atoms with E-state index >= 15 is 0 Å². The zero-order chi connectivity index (χ0) is 20.5. The van der Waals surface area contributed by atoms with Crippen LogP contribution in [0.5, 0.6) is 5.75 Å².